The van der Waals surface area contributed by atoms with Gasteiger partial charge in [-0.1, -0.05) is 12.8 Å². The molecule has 2 heteroatoms. The van der Waals surface area contributed by atoms with Gasteiger partial charge in [0, 0.05) is 18.1 Å². The SMILES string of the molecule is NCC1(N2CCC3CCCCC32)C2CC3CC(C2)CC1C3. The fraction of sp³-hybridized carbons (Fsp3) is 1.00. The van der Waals surface area contributed by atoms with Crippen molar-refractivity contribution in [2.24, 2.45) is 35.3 Å². The van der Waals surface area contributed by atoms with Crippen LogP contribution >= 0.6 is 0 Å². The van der Waals surface area contributed by atoms with Crippen molar-refractivity contribution in [1.82, 2.24) is 4.90 Å². The van der Waals surface area contributed by atoms with Crippen LogP contribution in [0.4, 0.5) is 0 Å². The Morgan fingerprint density at radius 2 is 1.52 bits per heavy atom. The largest absolute Gasteiger partial charge is 0.329 e. The van der Waals surface area contributed by atoms with E-state index in [2.05, 4.69) is 4.90 Å². The van der Waals surface area contributed by atoms with Gasteiger partial charge in [0.1, 0.15) is 0 Å². The Hall–Kier alpha value is -0.0800. The zero-order valence-electron chi connectivity index (χ0n) is 13.5. The molecule has 118 valence electrons. The molecule has 0 aromatic heterocycles. The topological polar surface area (TPSA) is 29.3 Å². The van der Waals surface area contributed by atoms with Gasteiger partial charge in [0.15, 0.2) is 0 Å². The predicted octanol–water partition coefficient (Wildman–Crippen LogP) is 3.40. The average molecular weight is 288 g/mol. The Morgan fingerprint density at radius 3 is 2.19 bits per heavy atom. The lowest BCUT2D eigenvalue weighted by Gasteiger charge is -2.65. The summed E-state index contributed by atoms with van der Waals surface area (Å²) in [6.45, 7) is 2.32. The third-order valence-electron chi connectivity index (χ3n) is 8.42. The molecule has 2 nitrogen and oxygen atoms in total. The first kappa shape index (κ1) is 13.4. The van der Waals surface area contributed by atoms with Crippen LogP contribution in [0.5, 0.6) is 0 Å². The zero-order chi connectivity index (χ0) is 14.0. The molecule has 5 aliphatic carbocycles. The van der Waals surface area contributed by atoms with Crippen LogP contribution in [-0.4, -0.2) is 29.6 Å². The molecule has 6 aliphatic rings. The van der Waals surface area contributed by atoms with Gasteiger partial charge >= 0.3 is 0 Å². The summed E-state index contributed by atoms with van der Waals surface area (Å²) in [6, 6.07) is 0.903. The third kappa shape index (κ3) is 1.72. The monoisotopic (exact) mass is 288 g/mol. The maximum Gasteiger partial charge on any atom is 0.0391 e. The maximum atomic E-state index is 6.55. The normalized spacial score (nSPS) is 55.9. The van der Waals surface area contributed by atoms with E-state index in [0.29, 0.717) is 5.54 Å². The molecular formula is C19H32N2. The predicted molar refractivity (Wildman–Crippen MR) is 85.9 cm³/mol. The van der Waals surface area contributed by atoms with E-state index in [1.165, 1.54) is 64.3 Å². The first-order chi connectivity index (χ1) is 10.3. The van der Waals surface area contributed by atoms with Crippen molar-refractivity contribution >= 4 is 0 Å². The van der Waals surface area contributed by atoms with Gasteiger partial charge in [-0.25, -0.2) is 0 Å². The summed E-state index contributed by atoms with van der Waals surface area (Å²) in [5.41, 5.74) is 6.97. The number of fused-ring (bicyclic) bond motifs is 1. The van der Waals surface area contributed by atoms with Crippen LogP contribution in [0.15, 0.2) is 0 Å². The number of hydrogen-bond donors (Lipinski definition) is 1. The molecule has 0 radical (unpaired) electrons. The minimum Gasteiger partial charge on any atom is -0.329 e. The van der Waals surface area contributed by atoms with E-state index in [9.17, 15) is 0 Å². The highest BCUT2D eigenvalue weighted by Crippen LogP contribution is 2.61. The smallest absolute Gasteiger partial charge is 0.0391 e. The summed E-state index contributed by atoms with van der Waals surface area (Å²) >= 11 is 0. The Morgan fingerprint density at radius 1 is 0.857 bits per heavy atom. The molecule has 0 aromatic carbocycles. The molecule has 2 N–H and O–H groups in total. The van der Waals surface area contributed by atoms with Gasteiger partial charge in [0.2, 0.25) is 0 Å². The van der Waals surface area contributed by atoms with Gasteiger partial charge in [-0.15, -0.1) is 0 Å². The van der Waals surface area contributed by atoms with Gasteiger partial charge in [-0.3, -0.25) is 4.90 Å². The molecular weight excluding hydrogens is 256 g/mol. The quantitative estimate of drug-likeness (QED) is 0.844. The summed E-state index contributed by atoms with van der Waals surface area (Å²) in [5, 5.41) is 0. The van der Waals surface area contributed by atoms with Crippen LogP contribution in [0.25, 0.3) is 0 Å². The van der Waals surface area contributed by atoms with E-state index >= 15 is 0 Å². The Balaban J connectivity index is 1.50. The minimum atomic E-state index is 0.421. The summed E-state index contributed by atoms with van der Waals surface area (Å²) in [7, 11) is 0. The fourth-order valence-corrected chi connectivity index (χ4v) is 7.84. The molecule has 0 amide bonds. The number of nitrogens with zero attached hydrogens (tertiary/aromatic N) is 1. The van der Waals surface area contributed by atoms with E-state index < -0.39 is 0 Å². The molecule has 5 saturated carbocycles. The molecule has 0 spiro atoms. The fourth-order valence-electron chi connectivity index (χ4n) is 7.84. The van der Waals surface area contributed by atoms with Crippen LogP contribution < -0.4 is 5.73 Å². The summed E-state index contributed by atoms with van der Waals surface area (Å²) in [5.74, 6) is 5.03. The van der Waals surface area contributed by atoms with Gasteiger partial charge in [0.05, 0.1) is 0 Å². The molecule has 1 aliphatic heterocycles. The minimum absolute atomic E-state index is 0.421. The number of hydrogen-bond acceptors (Lipinski definition) is 2. The van der Waals surface area contributed by atoms with Crippen molar-refractivity contribution in [2.75, 3.05) is 13.1 Å². The van der Waals surface area contributed by atoms with E-state index in [0.717, 1.165) is 42.2 Å². The highest BCUT2D eigenvalue weighted by Gasteiger charge is 2.61. The average Bonchev–Trinajstić information content (AvgIpc) is 2.92. The Bertz CT molecular complexity index is 390. The van der Waals surface area contributed by atoms with Crippen LogP contribution in [0.2, 0.25) is 0 Å². The van der Waals surface area contributed by atoms with Crippen molar-refractivity contribution in [3.63, 3.8) is 0 Å². The third-order valence-corrected chi connectivity index (χ3v) is 8.42. The van der Waals surface area contributed by atoms with Crippen molar-refractivity contribution in [1.29, 1.82) is 0 Å². The summed E-state index contributed by atoms with van der Waals surface area (Å²) in [6.07, 6.45) is 15.0. The van der Waals surface area contributed by atoms with Gasteiger partial charge in [0.25, 0.3) is 0 Å². The van der Waals surface area contributed by atoms with E-state index in [1.807, 2.05) is 0 Å². The maximum absolute atomic E-state index is 6.55. The lowest BCUT2D eigenvalue weighted by Crippen LogP contribution is -2.70. The molecule has 4 bridgehead atoms. The Labute approximate surface area is 129 Å². The van der Waals surface area contributed by atoms with Crippen LogP contribution in [0.3, 0.4) is 0 Å². The van der Waals surface area contributed by atoms with Gasteiger partial charge in [-0.05, 0) is 87.5 Å². The van der Waals surface area contributed by atoms with Crippen LogP contribution in [0, 0.1) is 29.6 Å². The lowest BCUT2D eigenvalue weighted by atomic mass is 9.48. The number of rotatable bonds is 2. The molecule has 1 heterocycles. The van der Waals surface area contributed by atoms with Crippen LogP contribution in [0.1, 0.15) is 64.2 Å². The molecule has 21 heavy (non-hydrogen) atoms. The van der Waals surface area contributed by atoms with Crippen molar-refractivity contribution < 1.29 is 0 Å². The highest BCUT2D eigenvalue weighted by atomic mass is 15.3. The van der Waals surface area contributed by atoms with Crippen molar-refractivity contribution in [3.8, 4) is 0 Å². The van der Waals surface area contributed by atoms with Crippen molar-refractivity contribution in [3.05, 3.63) is 0 Å². The zero-order valence-corrected chi connectivity index (χ0v) is 13.5. The first-order valence-corrected chi connectivity index (χ1v) is 9.78. The molecule has 6 rings (SSSR count). The highest BCUT2D eigenvalue weighted by molar-refractivity contribution is 5.15. The summed E-state index contributed by atoms with van der Waals surface area (Å²) in [4.78, 5) is 3.02. The second-order valence-electron chi connectivity index (χ2n) is 9.09. The molecule has 1 saturated heterocycles. The molecule has 2 atom stereocenters. The van der Waals surface area contributed by atoms with E-state index in [-0.39, 0.29) is 0 Å². The van der Waals surface area contributed by atoms with E-state index in [4.69, 9.17) is 5.73 Å². The number of nitrogens with two attached hydrogens (primary N) is 1. The Kier molecular flexibility index (Phi) is 3.00. The van der Waals surface area contributed by atoms with Gasteiger partial charge in [-0.2, -0.15) is 0 Å². The second-order valence-corrected chi connectivity index (χ2v) is 9.09. The summed E-state index contributed by atoms with van der Waals surface area (Å²) < 4.78 is 0. The van der Waals surface area contributed by atoms with Gasteiger partial charge < -0.3 is 5.73 Å². The standard InChI is InChI=1S/C19H32N2/c20-12-19(21-6-5-15-3-1-2-4-18(15)21)16-8-13-7-14(10-16)11-17(19)9-13/h13-18H,1-12,20H2. The molecule has 0 aromatic rings. The van der Waals surface area contributed by atoms with Crippen molar-refractivity contribution in [2.45, 2.75) is 75.8 Å². The first-order valence-electron chi connectivity index (χ1n) is 9.78. The van der Waals surface area contributed by atoms with Crippen LogP contribution in [-0.2, 0) is 0 Å². The second kappa shape index (κ2) is 4.71. The lowest BCUT2D eigenvalue weighted by molar-refractivity contribution is -0.139. The number of likely N-dealkylation sites (tertiary alicyclic amines) is 1. The van der Waals surface area contributed by atoms with E-state index in [1.54, 1.807) is 6.42 Å². The molecule has 6 fully saturated rings. The molecule has 2 unspecified atom stereocenters.